The number of nitrogens with two attached hydrogens (primary N) is 1. The van der Waals surface area contributed by atoms with Crippen LogP contribution in [0.15, 0.2) is 18.2 Å². The largest absolute Gasteiger partial charge is 0.324 e. The molecule has 0 heterocycles. The smallest absolute Gasteiger partial charge is 0.229 e. The summed E-state index contributed by atoms with van der Waals surface area (Å²) in [6.45, 7) is 1.72. The van der Waals surface area contributed by atoms with E-state index < -0.39 is 15.8 Å². The lowest BCUT2D eigenvalue weighted by molar-refractivity contribution is 0.603. The molecule has 0 saturated carbocycles. The molecule has 0 unspecified atom stereocenters. The second-order valence-electron chi connectivity index (χ2n) is 3.40. The third kappa shape index (κ3) is 4.34. The van der Waals surface area contributed by atoms with Crippen molar-refractivity contribution in [3.8, 4) is 0 Å². The van der Waals surface area contributed by atoms with E-state index in [4.69, 9.17) is 5.73 Å². The molecule has 0 bridgehead atoms. The molecule has 92 valence electrons. The minimum Gasteiger partial charge on any atom is -0.324 e. The van der Waals surface area contributed by atoms with E-state index in [1.165, 1.54) is 12.1 Å². The van der Waals surface area contributed by atoms with Crippen molar-refractivity contribution in [3.63, 3.8) is 0 Å². The molecule has 7 heteroatoms. The maximum absolute atomic E-state index is 13.4. The highest BCUT2D eigenvalue weighted by Crippen LogP contribution is 2.19. The first-order valence-corrected chi connectivity index (χ1v) is 6.21. The number of benzene rings is 1. The van der Waals surface area contributed by atoms with Gasteiger partial charge >= 0.3 is 0 Å². The van der Waals surface area contributed by atoms with Crippen LogP contribution in [-0.2, 0) is 10.0 Å². The molecule has 0 radical (unpaired) electrons. The van der Waals surface area contributed by atoms with Crippen molar-refractivity contribution in [2.24, 2.45) is 5.73 Å². The Morgan fingerprint density at radius 2 is 2.00 bits per heavy atom. The quantitative estimate of drug-likeness (QED) is 0.875. The number of halogens is 2. The number of hydrogen-bond acceptors (Lipinski definition) is 3. The lowest BCUT2D eigenvalue weighted by atomic mass is 10.1. The van der Waals surface area contributed by atoms with Crippen LogP contribution in [-0.4, -0.2) is 14.7 Å². The van der Waals surface area contributed by atoms with E-state index in [0.717, 1.165) is 6.26 Å². The molecule has 0 aliphatic heterocycles. The summed E-state index contributed by atoms with van der Waals surface area (Å²) in [5.41, 5.74) is 6.10. The minimum atomic E-state index is -3.45. The van der Waals surface area contributed by atoms with Crippen LogP contribution in [0.5, 0.6) is 0 Å². The average molecular weight is 269 g/mol. The Bertz CT molecular complexity index is 463. The van der Waals surface area contributed by atoms with Crippen LogP contribution < -0.4 is 10.5 Å². The zero-order valence-electron chi connectivity index (χ0n) is 8.90. The number of anilines is 1. The Balaban J connectivity index is 0.00000225. The maximum atomic E-state index is 13.4. The molecule has 1 rings (SSSR count). The first kappa shape index (κ1) is 15.2. The summed E-state index contributed by atoms with van der Waals surface area (Å²) in [5.74, 6) is -0.629. The first-order chi connectivity index (χ1) is 6.79. The van der Waals surface area contributed by atoms with E-state index in [-0.39, 0.29) is 24.1 Å². The van der Waals surface area contributed by atoms with Gasteiger partial charge in [-0.15, -0.1) is 12.4 Å². The molecule has 0 aliphatic rings. The van der Waals surface area contributed by atoms with E-state index in [2.05, 4.69) is 4.72 Å². The van der Waals surface area contributed by atoms with Crippen molar-refractivity contribution in [2.45, 2.75) is 13.0 Å². The highest BCUT2D eigenvalue weighted by molar-refractivity contribution is 7.92. The van der Waals surface area contributed by atoms with Crippen molar-refractivity contribution >= 4 is 28.1 Å². The van der Waals surface area contributed by atoms with Crippen molar-refractivity contribution in [1.29, 1.82) is 0 Å². The second-order valence-corrected chi connectivity index (χ2v) is 5.15. The topological polar surface area (TPSA) is 72.2 Å². The molecule has 16 heavy (non-hydrogen) atoms. The molecule has 1 atom stereocenters. The molecule has 1 aromatic rings. The summed E-state index contributed by atoms with van der Waals surface area (Å²) < 4.78 is 37.2. The van der Waals surface area contributed by atoms with E-state index in [0.29, 0.717) is 5.56 Å². The van der Waals surface area contributed by atoms with Gasteiger partial charge in [-0.2, -0.15) is 0 Å². The third-order valence-corrected chi connectivity index (χ3v) is 2.40. The van der Waals surface area contributed by atoms with Gasteiger partial charge in [-0.05, 0) is 24.6 Å². The predicted molar refractivity (Wildman–Crippen MR) is 64.7 cm³/mol. The van der Waals surface area contributed by atoms with Gasteiger partial charge in [0, 0.05) is 6.04 Å². The van der Waals surface area contributed by atoms with Crippen molar-refractivity contribution in [2.75, 3.05) is 11.0 Å². The SMILES string of the molecule is C[C@H](N)c1ccc(NS(C)(=O)=O)c(F)c1.Cl. The standard InChI is InChI=1S/C9H13FN2O2S.ClH/c1-6(11)7-3-4-9(8(10)5-7)12-15(2,13)14;/h3-6,12H,11H2,1-2H3;1H/t6-;/m0./s1. The zero-order valence-corrected chi connectivity index (χ0v) is 10.5. The number of rotatable bonds is 3. The van der Waals surface area contributed by atoms with Crippen molar-refractivity contribution < 1.29 is 12.8 Å². The molecule has 0 saturated heterocycles. The van der Waals surface area contributed by atoms with Crippen LogP contribution in [0.25, 0.3) is 0 Å². The number of hydrogen-bond donors (Lipinski definition) is 2. The average Bonchev–Trinajstić information content (AvgIpc) is 2.05. The van der Waals surface area contributed by atoms with Gasteiger partial charge in [-0.1, -0.05) is 6.07 Å². The third-order valence-electron chi connectivity index (χ3n) is 1.81. The van der Waals surface area contributed by atoms with Crippen LogP contribution in [0.3, 0.4) is 0 Å². The molecule has 4 nitrogen and oxygen atoms in total. The molecular formula is C9H14ClFN2O2S. The minimum absolute atomic E-state index is 0. The number of nitrogens with one attached hydrogen (secondary N) is 1. The Morgan fingerprint density at radius 3 is 2.38 bits per heavy atom. The lowest BCUT2D eigenvalue weighted by Crippen LogP contribution is -2.12. The molecule has 0 aromatic heterocycles. The Labute approximate surface area is 100 Å². The van der Waals surface area contributed by atoms with E-state index in [1.807, 2.05) is 0 Å². The van der Waals surface area contributed by atoms with Gasteiger partial charge in [-0.3, -0.25) is 4.72 Å². The summed E-state index contributed by atoms with van der Waals surface area (Å²) in [7, 11) is -3.45. The van der Waals surface area contributed by atoms with Crippen LogP contribution in [0.2, 0.25) is 0 Å². The fourth-order valence-electron chi connectivity index (χ4n) is 1.10. The Kier molecular flexibility index (Phi) is 5.18. The molecule has 0 fully saturated rings. The van der Waals surface area contributed by atoms with Gasteiger partial charge in [0.15, 0.2) is 0 Å². The van der Waals surface area contributed by atoms with Gasteiger partial charge in [0.2, 0.25) is 10.0 Å². The first-order valence-electron chi connectivity index (χ1n) is 4.32. The summed E-state index contributed by atoms with van der Waals surface area (Å²) in [4.78, 5) is 0. The second kappa shape index (κ2) is 5.47. The van der Waals surface area contributed by atoms with Crippen molar-refractivity contribution in [3.05, 3.63) is 29.6 Å². The van der Waals surface area contributed by atoms with E-state index in [9.17, 15) is 12.8 Å². The molecule has 0 amide bonds. The molecule has 1 aromatic carbocycles. The van der Waals surface area contributed by atoms with Gasteiger partial charge in [0.25, 0.3) is 0 Å². The predicted octanol–water partition coefficient (Wildman–Crippen LogP) is 1.64. The Morgan fingerprint density at radius 1 is 1.44 bits per heavy atom. The van der Waals surface area contributed by atoms with E-state index in [1.54, 1.807) is 13.0 Å². The number of sulfonamides is 1. The van der Waals surface area contributed by atoms with Crippen molar-refractivity contribution in [1.82, 2.24) is 0 Å². The Hall–Kier alpha value is -0.850. The fourth-order valence-corrected chi connectivity index (χ4v) is 1.66. The monoisotopic (exact) mass is 268 g/mol. The lowest BCUT2D eigenvalue weighted by Gasteiger charge is -2.09. The summed E-state index contributed by atoms with van der Waals surface area (Å²) in [6.07, 6.45) is 0.964. The van der Waals surface area contributed by atoms with Crippen LogP contribution >= 0.6 is 12.4 Å². The molecule has 0 aliphatic carbocycles. The fraction of sp³-hybridized carbons (Fsp3) is 0.333. The molecular weight excluding hydrogens is 255 g/mol. The van der Waals surface area contributed by atoms with Gasteiger partial charge in [0.1, 0.15) is 5.82 Å². The normalized spacial score (nSPS) is 12.8. The van der Waals surface area contributed by atoms with E-state index >= 15 is 0 Å². The summed E-state index contributed by atoms with van der Waals surface area (Å²) in [5, 5.41) is 0. The summed E-state index contributed by atoms with van der Waals surface area (Å²) in [6, 6.07) is 3.88. The zero-order chi connectivity index (χ0) is 11.6. The van der Waals surface area contributed by atoms with Crippen LogP contribution in [0.1, 0.15) is 18.5 Å². The van der Waals surface area contributed by atoms with Crippen LogP contribution in [0.4, 0.5) is 10.1 Å². The summed E-state index contributed by atoms with van der Waals surface area (Å²) >= 11 is 0. The van der Waals surface area contributed by atoms with Gasteiger partial charge in [0.05, 0.1) is 11.9 Å². The molecule has 0 spiro atoms. The van der Waals surface area contributed by atoms with Gasteiger partial charge < -0.3 is 5.73 Å². The maximum Gasteiger partial charge on any atom is 0.229 e. The van der Waals surface area contributed by atoms with Crippen LogP contribution in [0, 0.1) is 5.82 Å². The van der Waals surface area contributed by atoms with Gasteiger partial charge in [-0.25, -0.2) is 12.8 Å². The highest BCUT2D eigenvalue weighted by atomic mass is 35.5. The molecule has 3 N–H and O–H groups in total. The highest BCUT2D eigenvalue weighted by Gasteiger charge is 2.09.